The zero-order valence-corrected chi connectivity index (χ0v) is 12.3. The van der Waals surface area contributed by atoms with Crippen LogP contribution in [-0.2, 0) is 20.9 Å². The van der Waals surface area contributed by atoms with Crippen molar-refractivity contribution >= 4 is 5.97 Å². The van der Waals surface area contributed by atoms with Crippen LogP contribution in [0, 0.1) is 5.41 Å². The lowest BCUT2D eigenvalue weighted by atomic mass is 9.66. The molecule has 0 bridgehead atoms. The van der Waals surface area contributed by atoms with Crippen LogP contribution in [-0.4, -0.2) is 19.2 Å². The first-order chi connectivity index (χ1) is 9.77. The minimum atomic E-state index is -0.202. The van der Waals surface area contributed by atoms with Gasteiger partial charge in [0.15, 0.2) is 0 Å². The van der Waals surface area contributed by atoms with E-state index in [2.05, 4.69) is 12.1 Å². The van der Waals surface area contributed by atoms with Gasteiger partial charge in [0.25, 0.3) is 0 Å². The molecule has 1 aliphatic rings. The van der Waals surface area contributed by atoms with E-state index in [9.17, 15) is 4.79 Å². The monoisotopic (exact) mass is 276 g/mol. The smallest absolute Gasteiger partial charge is 0.312 e. The third-order valence-electron chi connectivity index (χ3n) is 4.07. The molecule has 0 atom stereocenters. The Morgan fingerprint density at radius 3 is 2.60 bits per heavy atom. The second-order valence-corrected chi connectivity index (χ2v) is 5.50. The van der Waals surface area contributed by atoms with Gasteiger partial charge in [-0.2, -0.15) is 0 Å². The SMILES string of the molecule is CCOC(=O)C1(CCCOCc2ccccc2)CCC1. The zero-order chi connectivity index (χ0) is 14.3. The molecule has 1 aromatic carbocycles. The van der Waals surface area contributed by atoms with Crippen molar-refractivity contribution in [1.82, 2.24) is 0 Å². The topological polar surface area (TPSA) is 35.5 Å². The molecular weight excluding hydrogens is 252 g/mol. The number of carbonyl (C=O) groups is 1. The van der Waals surface area contributed by atoms with E-state index in [1.165, 1.54) is 5.56 Å². The van der Waals surface area contributed by atoms with Gasteiger partial charge in [0.2, 0.25) is 0 Å². The highest BCUT2D eigenvalue weighted by atomic mass is 16.5. The molecule has 20 heavy (non-hydrogen) atoms. The molecule has 3 nitrogen and oxygen atoms in total. The van der Waals surface area contributed by atoms with E-state index in [1.54, 1.807) is 0 Å². The van der Waals surface area contributed by atoms with E-state index in [0.29, 0.717) is 19.8 Å². The number of rotatable bonds is 8. The highest BCUT2D eigenvalue weighted by Gasteiger charge is 2.44. The van der Waals surface area contributed by atoms with Gasteiger partial charge in [0.05, 0.1) is 18.6 Å². The summed E-state index contributed by atoms with van der Waals surface area (Å²) in [4.78, 5) is 12.0. The quantitative estimate of drug-likeness (QED) is 0.536. The summed E-state index contributed by atoms with van der Waals surface area (Å²) in [5.74, 6) is -0.00527. The summed E-state index contributed by atoms with van der Waals surface area (Å²) in [7, 11) is 0. The van der Waals surface area contributed by atoms with Gasteiger partial charge in [-0.05, 0) is 38.2 Å². The molecule has 0 unspecified atom stereocenters. The van der Waals surface area contributed by atoms with E-state index < -0.39 is 0 Å². The van der Waals surface area contributed by atoms with Crippen LogP contribution >= 0.6 is 0 Å². The Bertz CT molecular complexity index is 410. The molecule has 0 radical (unpaired) electrons. The average molecular weight is 276 g/mol. The summed E-state index contributed by atoms with van der Waals surface area (Å²) < 4.78 is 10.9. The predicted octanol–water partition coefficient (Wildman–Crippen LogP) is 3.72. The van der Waals surface area contributed by atoms with Gasteiger partial charge in [0, 0.05) is 6.61 Å². The van der Waals surface area contributed by atoms with Gasteiger partial charge >= 0.3 is 5.97 Å². The first-order valence-electron chi connectivity index (χ1n) is 7.56. The maximum Gasteiger partial charge on any atom is 0.312 e. The predicted molar refractivity (Wildman–Crippen MR) is 78.2 cm³/mol. The van der Waals surface area contributed by atoms with E-state index in [-0.39, 0.29) is 11.4 Å². The Morgan fingerprint density at radius 2 is 2.00 bits per heavy atom. The van der Waals surface area contributed by atoms with Gasteiger partial charge < -0.3 is 9.47 Å². The molecule has 0 amide bonds. The summed E-state index contributed by atoms with van der Waals surface area (Å²) in [6.45, 7) is 3.70. The molecule has 1 aromatic rings. The van der Waals surface area contributed by atoms with E-state index >= 15 is 0 Å². The number of esters is 1. The van der Waals surface area contributed by atoms with Gasteiger partial charge in [-0.1, -0.05) is 36.8 Å². The number of hydrogen-bond acceptors (Lipinski definition) is 3. The molecule has 0 N–H and O–H groups in total. The van der Waals surface area contributed by atoms with Gasteiger partial charge in [-0.25, -0.2) is 0 Å². The van der Waals surface area contributed by atoms with Crippen LogP contribution in [0.2, 0.25) is 0 Å². The second-order valence-electron chi connectivity index (χ2n) is 5.50. The first kappa shape index (κ1) is 15.0. The summed E-state index contributed by atoms with van der Waals surface area (Å²) in [5.41, 5.74) is 0.989. The van der Waals surface area contributed by atoms with E-state index in [1.807, 2.05) is 25.1 Å². The standard InChI is InChI=1S/C17H24O3/c1-2-20-16(18)17(10-6-11-17)12-7-13-19-14-15-8-4-3-5-9-15/h3-5,8-9H,2,6-7,10-14H2,1H3. The Balaban J connectivity index is 1.66. The van der Waals surface area contributed by atoms with Crippen molar-refractivity contribution in [1.29, 1.82) is 0 Å². The number of hydrogen-bond donors (Lipinski definition) is 0. The van der Waals surface area contributed by atoms with Crippen molar-refractivity contribution < 1.29 is 14.3 Å². The molecule has 1 aliphatic carbocycles. The minimum Gasteiger partial charge on any atom is -0.466 e. The number of benzene rings is 1. The fourth-order valence-electron chi connectivity index (χ4n) is 2.72. The van der Waals surface area contributed by atoms with Crippen molar-refractivity contribution in [3.05, 3.63) is 35.9 Å². The molecule has 3 heteroatoms. The highest BCUT2D eigenvalue weighted by molar-refractivity contribution is 5.77. The largest absolute Gasteiger partial charge is 0.466 e. The summed E-state index contributed by atoms with van der Waals surface area (Å²) in [6.07, 6.45) is 4.91. The van der Waals surface area contributed by atoms with Crippen molar-refractivity contribution in [2.75, 3.05) is 13.2 Å². The molecular formula is C17H24O3. The van der Waals surface area contributed by atoms with Crippen molar-refractivity contribution in [3.8, 4) is 0 Å². The van der Waals surface area contributed by atoms with Crippen LogP contribution in [0.15, 0.2) is 30.3 Å². The molecule has 1 fully saturated rings. The fourth-order valence-corrected chi connectivity index (χ4v) is 2.72. The van der Waals surface area contributed by atoms with Gasteiger partial charge in [-0.3, -0.25) is 4.79 Å². The normalized spacial score (nSPS) is 16.4. The van der Waals surface area contributed by atoms with Crippen LogP contribution in [0.25, 0.3) is 0 Å². The summed E-state index contributed by atoms with van der Waals surface area (Å²) in [6, 6.07) is 10.2. The van der Waals surface area contributed by atoms with Gasteiger partial charge in [0.1, 0.15) is 0 Å². The van der Waals surface area contributed by atoms with Crippen LogP contribution in [0.1, 0.15) is 44.6 Å². The van der Waals surface area contributed by atoms with Gasteiger partial charge in [-0.15, -0.1) is 0 Å². The summed E-state index contributed by atoms with van der Waals surface area (Å²) in [5, 5.41) is 0. The molecule has 2 rings (SSSR count). The molecule has 1 saturated carbocycles. The summed E-state index contributed by atoms with van der Waals surface area (Å²) >= 11 is 0. The lowest BCUT2D eigenvalue weighted by Gasteiger charge is -2.39. The molecule has 0 heterocycles. The number of ether oxygens (including phenoxy) is 2. The van der Waals surface area contributed by atoms with Crippen LogP contribution < -0.4 is 0 Å². The van der Waals surface area contributed by atoms with Crippen molar-refractivity contribution in [3.63, 3.8) is 0 Å². The van der Waals surface area contributed by atoms with Crippen molar-refractivity contribution in [2.24, 2.45) is 5.41 Å². The molecule has 0 spiro atoms. The Hall–Kier alpha value is -1.35. The molecule has 0 aromatic heterocycles. The maximum atomic E-state index is 12.0. The molecule has 110 valence electrons. The molecule has 0 saturated heterocycles. The van der Waals surface area contributed by atoms with Crippen LogP contribution in [0.3, 0.4) is 0 Å². The van der Waals surface area contributed by atoms with Crippen molar-refractivity contribution in [2.45, 2.75) is 45.6 Å². The zero-order valence-electron chi connectivity index (χ0n) is 12.3. The van der Waals surface area contributed by atoms with Crippen LogP contribution in [0.5, 0.6) is 0 Å². The Labute approximate surface area is 121 Å². The second kappa shape index (κ2) is 7.44. The van der Waals surface area contributed by atoms with Crippen LogP contribution in [0.4, 0.5) is 0 Å². The maximum absolute atomic E-state index is 12.0. The van der Waals surface area contributed by atoms with E-state index in [0.717, 1.165) is 32.1 Å². The molecule has 0 aliphatic heterocycles. The number of carbonyl (C=O) groups excluding carboxylic acids is 1. The van der Waals surface area contributed by atoms with E-state index in [4.69, 9.17) is 9.47 Å². The fraction of sp³-hybridized carbons (Fsp3) is 0.588. The minimum absolute atomic E-state index is 0.00527. The highest BCUT2D eigenvalue weighted by Crippen LogP contribution is 2.45. The lowest BCUT2D eigenvalue weighted by molar-refractivity contribution is -0.162. The Morgan fingerprint density at radius 1 is 1.25 bits per heavy atom. The lowest BCUT2D eigenvalue weighted by Crippen LogP contribution is -2.39. The average Bonchev–Trinajstić information content (AvgIpc) is 2.42. The third-order valence-corrected chi connectivity index (χ3v) is 4.07. The Kier molecular flexibility index (Phi) is 5.60. The third kappa shape index (κ3) is 3.83. The first-order valence-corrected chi connectivity index (χ1v) is 7.56.